The van der Waals surface area contributed by atoms with Crippen LogP contribution in [-0.2, 0) is 5.41 Å². The molecule has 0 saturated carbocycles. The summed E-state index contributed by atoms with van der Waals surface area (Å²) in [5.41, 5.74) is 3.16. The smallest absolute Gasteiger partial charge is 0.225 e. The van der Waals surface area contributed by atoms with Crippen LogP contribution < -0.4 is 9.64 Å². The van der Waals surface area contributed by atoms with E-state index in [0.717, 1.165) is 55.7 Å². The molecule has 0 spiro atoms. The standard InChI is InChI=1S/C23H34N4O2/c1-17(2)29-21-7-6-18(16-19(21)23(3,4)5)20-8-9-24-22(25-20)27-12-10-26(11-13-27)14-15-28/h6-9,16-17,28H,10-15H2,1-5H3. The Morgan fingerprint density at radius 2 is 1.83 bits per heavy atom. The number of aliphatic hydroxyl groups is 1. The lowest BCUT2D eigenvalue weighted by molar-refractivity contribution is 0.188. The van der Waals surface area contributed by atoms with E-state index in [4.69, 9.17) is 14.8 Å². The normalized spacial score (nSPS) is 15.8. The Balaban J connectivity index is 1.85. The van der Waals surface area contributed by atoms with Crippen LogP contribution in [0.4, 0.5) is 5.95 Å². The Bertz CT molecular complexity index is 809. The van der Waals surface area contributed by atoms with Gasteiger partial charge in [-0.2, -0.15) is 0 Å². The van der Waals surface area contributed by atoms with Crippen LogP contribution in [0.25, 0.3) is 11.3 Å². The van der Waals surface area contributed by atoms with E-state index < -0.39 is 0 Å². The van der Waals surface area contributed by atoms with E-state index in [9.17, 15) is 0 Å². The van der Waals surface area contributed by atoms with Crippen molar-refractivity contribution in [2.75, 3.05) is 44.2 Å². The first-order valence-electron chi connectivity index (χ1n) is 10.5. The zero-order valence-electron chi connectivity index (χ0n) is 18.4. The third-order valence-corrected chi connectivity index (χ3v) is 5.16. The Hall–Kier alpha value is -2.18. The molecule has 6 nitrogen and oxygen atoms in total. The van der Waals surface area contributed by atoms with Crippen LogP contribution in [0.15, 0.2) is 30.5 Å². The van der Waals surface area contributed by atoms with Gasteiger partial charge < -0.3 is 14.7 Å². The van der Waals surface area contributed by atoms with E-state index >= 15 is 0 Å². The average Bonchev–Trinajstić information content (AvgIpc) is 2.68. The molecular weight excluding hydrogens is 364 g/mol. The van der Waals surface area contributed by atoms with Gasteiger partial charge in [0.05, 0.1) is 18.4 Å². The summed E-state index contributed by atoms with van der Waals surface area (Å²) < 4.78 is 6.05. The van der Waals surface area contributed by atoms with E-state index in [0.29, 0.717) is 0 Å². The predicted octanol–water partition coefficient (Wildman–Crippen LogP) is 3.34. The van der Waals surface area contributed by atoms with Gasteiger partial charge >= 0.3 is 0 Å². The van der Waals surface area contributed by atoms with Gasteiger partial charge in [0, 0.05) is 50.0 Å². The molecule has 1 aromatic carbocycles. The number of aliphatic hydroxyl groups excluding tert-OH is 1. The minimum absolute atomic E-state index is 0.0286. The van der Waals surface area contributed by atoms with Crippen LogP contribution in [0.3, 0.4) is 0 Å². The Morgan fingerprint density at radius 3 is 2.45 bits per heavy atom. The minimum Gasteiger partial charge on any atom is -0.491 e. The van der Waals surface area contributed by atoms with Crippen molar-refractivity contribution in [1.29, 1.82) is 0 Å². The number of hydrogen-bond donors (Lipinski definition) is 1. The van der Waals surface area contributed by atoms with Crippen LogP contribution in [-0.4, -0.2) is 65.4 Å². The summed E-state index contributed by atoms with van der Waals surface area (Å²) in [5, 5.41) is 9.12. The molecule has 0 radical (unpaired) electrons. The molecule has 1 fully saturated rings. The van der Waals surface area contributed by atoms with Crippen LogP contribution >= 0.6 is 0 Å². The molecule has 0 aliphatic carbocycles. The highest BCUT2D eigenvalue weighted by Crippen LogP contribution is 2.35. The highest BCUT2D eigenvalue weighted by Gasteiger charge is 2.22. The van der Waals surface area contributed by atoms with Gasteiger partial charge in [-0.1, -0.05) is 20.8 Å². The Morgan fingerprint density at radius 1 is 1.10 bits per heavy atom. The molecule has 1 aliphatic heterocycles. The summed E-state index contributed by atoms with van der Waals surface area (Å²) in [6, 6.07) is 8.31. The van der Waals surface area contributed by atoms with Gasteiger partial charge in [-0.3, -0.25) is 4.90 Å². The zero-order valence-corrected chi connectivity index (χ0v) is 18.4. The molecule has 2 heterocycles. The third-order valence-electron chi connectivity index (χ3n) is 5.16. The first kappa shape index (κ1) is 21.5. The highest BCUT2D eigenvalue weighted by atomic mass is 16.5. The monoisotopic (exact) mass is 398 g/mol. The molecule has 29 heavy (non-hydrogen) atoms. The van der Waals surface area contributed by atoms with E-state index in [1.165, 1.54) is 5.56 Å². The Labute approximate surface area is 174 Å². The molecule has 6 heteroatoms. The van der Waals surface area contributed by atoms with Gasteiger partial charge in [0.15, 0.2) is 0 Å². The van der Waals surface area contributed by atoms with Crippen LogP contribution in [0.1, 0.15) is 40.2 Å². The number of piperazine rings is 1. The van der Waals surface area contributed by atoms with Crippen molar-refractivity contribution >= 4 is 5.95 Å². The number of benzene rings is 1. The Kier molecular flexibility index (Phi) is 6.75. The summed E-state index contributed by atoms with van der Waals surface area (Å²) in [5.74, 6) is 1.71. The van der Waals surface area contributed by atoms with Crippen molar-refractivity contribution in [2.24, 2.45) is 0 Å². The lowest BCUT2D eigenvalue weighted by Crippen LogP contribution is -2.47. The lowest BCUT2D eigenvalue weighted by atomic mass is 9.85. The van der Waals surface area contributed by atoms with Crippen molar-refractivity contribution in [3.8, 4) is 17.0 Å². The van der Waals surface area contributed by atoms with Crippen LogP contribution in [0, 0.1) is 0 Å². The molecule has 1 aliphatic rings. The zero-order chi connectivity index (χ0) is 21.0. The number of hydrogen-bond acceptors (Lipinski definition) is 6. The summed E-state index contributed by atoms with van der Waals surface area (Å²) in [4.78, 5) is 13.9. The molecule has 158 valence electrons. The van der Waals surface area contributed by atoms with E-state index in [2.05, 4.69) is 67.6 Å². The maximum Gasteiger partial charge on any atom is 0.225 e. The van der Waals surface area contributed by atoms with Gasteiger partial charge in [-0.25, -0.2) is 9.97 Å². The maximum absolute atomic E-state index is 9.12. The van der Waals surface area contributed by atoms with Crippen LogP contribution in [0.2, 0.25) is 0 Å². The van der Waals surface area contributed by atoms with Crippen LogP contribution in [0.5, 0.6) is 5.75 Å². The number of nitrogens with zero attached hydrogens (tertiary/aromatic N) is 4. The second-order valence-corrected chi connectivity index (χ2v) is 8.92. The minimum atomic E-state index is -0.0286. The number of anilines is 1. The SMILES string of the molecule is CC(C)Oc1ccc(-c2ccnc(N3CCN(CCO)CC3)n2)cc1C(C)(C)C. The molecule has 1 saturated heterocycles. The second-order valence-electron chi connectivity index (χ2n) is 8.92. The van der Waals surface area contributed by atoms with Crippen molar-refractivity contribution in [2.45, 2.75) is 46.1 Å². The highest BCUT2D eigenvalue weighted by molar-refractivity contribution is 5.64. The fourth-order valence-electron chi connectivity index (χ4n) is 3.61. The fraction of sp³-hybridized carbons (Fsp3) is 0.565. The molecule has 3 rings (SSSR count). The third kappa shape index (κ3) is 5.46. The van der Waals surface area contributed by atoms with E-state index in [1.54, 1.807) is 0 Å². The summed E-state index contributed by atoms with van der Waals surface area (Å²) >= 11 is 0. The summed E-state index contributed by atoms with van der Waals surface area (Å²) in [6.45, 7) is 15.2. The molecule has 1 N–H and O–H groups in total. The summed E-state index contributed by atoms with van der Waals surface area (Å²) in [6.07, 6.45) is 1.98. The molecule has 0 amide bonds. The number of ether oxygens (including phenoxy) is 1. The summed E-state index contributed by atoms with van der Waals surface area (Å²) in [7, 11) is 0. The molecular formula is C23H34N4O2. The largest absolute Gasteiger partial charge is 0.491 e. The van der Waals surface area contributed by atoms with Crippen molar-refractivity contribution in [3.63, 3.8) is 0 Å². The van der Waals surface area contributed by atoms with Gasteiger partial charge in [0.1, 0.15) is 5.75 Å². The maximum atomic E-state index is 9.12. The molecule has 0 bridgehead atoms. The van der Waals surface area contributed by atoms with Crippen molar-refractivity contribution in [1.82, 2.24) is 14.9 Å². The number of β-amino-alcohol motifs (C(OH)–C–C–N with tert-alkyl or cyclic N) is 1. The van der Waals surface area contributed by atoms with E-state index in [1.807, 2.05) is 12.3 Å². The number of aromatic nitrogens is 2. The van der Waals surface area contributed by atoms with Gasteiger partial charge in [-0.15, -0.1) is 0 Å². The van der Waals surface area contributed by atoms with Gasteiger partial charge in [0.2, 0.25) is 5.95 Å². The average molecular weight is 399 g/mol. The fourth-order valence-corrected chi connectivity index (χ4v) is 3.61. The molecule has 2 aromatic rings. The topological polar surface area (TPSA) is 61.7 Å². The first-order chi connectivity index (χ1) is 13.8. The predicted molar refractivity (Wildman–Crippen MR) is 118 cm³/mol. The second kappa shape index (κ2) is 9.09. The van der Waals surface area contributed by atoms with E-state index in [-0.39, 0.29) is 18.1 Å². The van der Waals surface area contributed by atoms with Gasteiger partial charge in [0.25, 0.3) is 0 Å². The molecule has 0 unspecified atom stereocenters. The first-order valence-corrected chi connectivity index (χ1v) is 10.5. The lowest BCUT2D eigenvalue weighted by Gasteiger charge is -2.34. The van der Waals surface area contributed by atoms with Crippen molar-refractivity contribution < 1.29 is 9.84 Å². The molecule has 0 atom stereocenters. The van der Waals surface area contributed by atoms with Crippen molar-refractivity contribution in [3.05, 3.63) is 36.0 Å². The number of rotatable bonds is 6. The quantitative estimate of drug-likeness (QED) is 0.805. The van der Waals surface area contributed by atoms with Gasteiger partial charge in [-0.05, 0) is 43.5 Å². The molecule has 1 aromatic heterocycles.